The van der Waals surface area contributed by atoms with Crippen LogP contribution in [-0.2, 0) is 0 Å². The van der Waals surface area contributed by atoms with Crippen LogP contribution in [0.2, 0.25) is 0 Å². The Morgan fingerprint density at radius 2 is 2.07 bits per heavy atom. The monoisotopic (exact) mass is 380 g/mol. The van der Waals surface area contributed by atoms with Crippen molar-refractivity contribution in [2.75, 3.05) is 20.2 Å². The topological polar surface area (TPSA) is 75.5 Å². The summed E-state index contributed by atoms with van der Waals surface area (Å²) in [4.78, 5) is 30.2. The van der Waals surface area contributed by atoms with Crippen molar-refractivity contribution in [1.29, 1.82) is 0 Å². The van der Waals surface area contributed by atoms with Crippen LogP contribution >= 0.6 is 0 Å². The Morgan fingerprint density at radius 3 is 2.82 bits per heavy atom. The van der Waals surface area contributed by atoms with Gasteiger partial charge >= 0.3 is 0 Å². The molecule has 6 nitrogen and oxygen atoms in total. The van der Waals surface area contributed by atoms with Gasteiger partial charge in [-0.1, -0.05) is 0 Å². The lowest BCUT2D eigenvalue weighted by molar-refractivity contribution is 0.0675. The van der Waals surface area contributed by atoms with Gasteiger partial charge in [0.2, 0.25) is 0 Å². The number of furan rings is 1. The van der Waals surface area contributed by atoms with Gasteiger partial charge < -0.3 is 19.0 Å². The highest BCUT2D eigenvalue weighted by Crippen LogP contribution is 2.31. The molecule has 1 aromatic carbocycles. The third-order valence-corrected chi connectivity index (χ3v) is 5.48. The number of hydrogen-bond donors (Lipinski definition) is 1. The Balaban J connectivity index is 1.62. The van der Waals surface area contributed by atoms with E-state index in [9.17, 15) is 9.59 Å². The molecule has 28 heavy (non-hydrogen) atoms. The normalized spacial score (nSPS) is 17.1. The highest BCUT2D eigenvalue weighted by atomic mass is 16.5. The average Bonchev–Trinajstić information content (AvgIpc) is 3.02. The second-order valence-corrected chi connectivity index (χ2v) is 7.46. The van der Waals surface area contributed by atoms with Gasteiger partial charge in [-0.3, -0.25) is 9.59 Å². The van der Waals surface area contributed by atoms with Crippen LogP contribution in [0.5, 0.6) is 5.75 Å². The van der Waals surface area contributed by atoms with E-state index < -0.39 is 0 Å². The Kier molecular flexibility index (Phi) is 4.71. The summed E-state index contributed by atoms with van der Waals surface area (Å²) in [6, 6.07) is 8.77. The van der Waals surface area contributed by atoms with Gasteiger partial charge in [-0.15, -0.1) is 0 Å². The molecule has 0 saturated carbocycles. The number of H-pyrrole nitrogens is 1. The van der Waals surface area contributed by atoms with Crippen molar-refractivity contribution in [3.05, 3.63) is 63.3 Å². The number of hydrogen-bond acceptors (Lipinski definition) is 4. The van der Waals surface area contributed by atoms with Gasteiger partial charge in [-0.2, -0.15) is 0 Å². The summed E-state index contributed by atoms with van der Waals surface area (Å²) in [5.41, 5.74) is 3.24. The molecule has 4 rings (SSSR count). The quantitative estimate of drug-likeness (QED) is 0.751. The number of carbonyl (C=O) groups excluding carboxylic acids is 1. The first-order valence-corrected chi connectivity index (χ1v) is 9.53. The third-order valence-electron chi connectivity index (χ3n) is 5.48. The molecule has 1 atom stereocenters. The predicted molar refractivity (Wildman–Crippen MR) is 107 cm³/mol. The van der Waals surface area contributed by atoms with Crippen molar-refractivity contribution in [2.45, 2.75) is 32.6 Å². The van der Waals surface area contributed by atoms with Crippen molar-refractivity contribution in [2.24, 2.45) is 0 Å². The second-order valence-electron chi connectivity index (χ2n) is 7.46. The fraction of sp³-hybridized carbons (Fsp3) is 0.364. The number of amides is 1. The minimum atomic E-state index is -0.104. The van der Waals surface area contributed by atoms with E-state index in [0.29, 0.717) is 24.4 Å². The van der Waals surface area contributed by atoms with Crippen LogP contribution in [-0.4, -0.2) is 36.0 Å². The molecule has 146 valence electrons. The fourth-order valence-electron chi connectivity index (χ4n) is 4.02. The van der Waals surface area contributed by atoms with E-state index in [4.69, 9.17) is 9.15 Å². The number of fused-ring (bicyclic) bond motifs is 1. The fourth-order valence-corrected chi connectivity index (χ4v) is 4.02. The lowest BCUT2D eigenvalue weighted by atomic mass is 9.93. The van der Waals surface area contributed by atoms with Gasteiger partial charge in [0.05, 0.1) is 7.11 Å². The largest absolute Gasteiger partial charge is 0.497 e. The van der Waals surface area contributed by atoms with E-state index in [1.54, 1.807) is 19.2 Å². The molecule has 1 aliphatic rings. The average molecular weight is 380 g/mol. The van der Waals surface area contributed by atoms with E-state index in [-0.39, 0.29) is 17.3 Å². The smallest absolute Gasteiger partial charge is 0.289 e. The molecule has 1 N–H and O–H groups in total. The zero-order chi connectivity index (χ0) is 19.8. The van der Waals surface area contributed by atoms with Crippen LogP contribution in [0.15, 0.2) is 39.5 Å². The number of nitrogens with one attached hydrogen (secondary N) is 1. The Morgan fingerprint density at radius 1 is 1.25 bits per heavy atom. The number of aromatic amines is 1. The number of likely N-dealkylation sites (tertiary alicyclic amines) is 1. The van der Waals surface area contributed by atoms with E-state index >= 15 is 0 Å². The van der Waals surface area contributed by atoms with E-state index in [1.165, 1.54) is 0 Å². The van der Waals surface area contributed by atoms with Gasteiger partial charge in [0, 0.05) is 53.5 Å². The van der Waals surface area contributed by atoms with E-state index in [2.05, 4.69) is 4.98 Å². The Hall–Kier alpha value is -3.02. The van der Waals surface area contributed by atoms with Crippen LogP contribution in [0.1, 0.15) is 46.3 Å². The maximum absolute atomic E-state index is 13.2. The Bertz CT molecular complexity index is 1100. The highest BCUT2D eigenvalue weighted by Gasteiger charge is 2.29. The zero-order valence-corrected chi connectivity index (χ0v) is 16.4. The predicted octanol–water partition coefficient (Wildman–Crippen LogP) is 3.77. The molecule has 1 saturated heterocycles. The summed E-state index contributed by atoms with van der Waals surface area (Å²) in [5.74, 6) is 1.13. The van der Waals surface area contributed by atoms with Gasteiger partial charge in [-0.25, -0.2) is 0 Å². The molecule has 1 aliphatic heterocycles. The first kappa shape index (κ1) is 18.3. The molecular weight excluding hydrogens is 356 g/mol. The van der Waals surface area contributed by atoms with Crippen LogP contribution in [0.3, 0.4) is 0 Å². The lowest BCUT2D eigenvalue weighted by Gasteiger charge is -2.32. The maximum atomic E-state index is 13.2. The molecule has 2 aromatic heterocycles. The first-order valence-electron chi connectivity index (χ1n) is 9.53. The number of ether oxygens (including phenoxy) is 1. The number of rotatable bonds is 3. The second kappa shape index (κ2) is 7.19. The summed E-state index contributed by atoms with van der Waals surface area (Å²) in [6.45, 7) is 5.03. The molecule has 3 heterocycles. The van der Waals surface area contributed by atoms with Crippen molar-refractivity contribution < 1.29 is 13.9 Å². The van der Waals surface area contributed by atoms with Crippen LogP contribution < -0.4 is 10.2 Å². The van der Waals surface area contributed by atoms with Gasteiger partial charge in [0.25, 0.3) is 5.91 Å². The van der Waals surface area contributed by atoms with Gasteiger partial charge in [0.15, 0.2) is 11.2 Å². The number of aryl methyl sites for hydroxylation is 2. The number of benzene rings is 1. The van der Waals surface area contributed by atoms with Crippen LogP contribution in [0.25, 0.3) is 11.0 Å². The summed E-state index contributed by atoms with van der Waals surface area (Å²) >= 11 is 0. The molecule has 0 unspecified atom stereocenters. The molecule has 1 fully saturated rings. The number of pyridine rings is 1. The summed E-state index contributed by atoms with van der Waals surface area (Å²) in [7, 11) is 1.62. The van der Waals surface area contributed by atoms with E-state index in [0.717, 1.165) is 40.9 Å². The molecule has 0 aliphatic carbocycles. The van der Waals surface area contributed by atoms with Crippen molar-refractivity contribution in [3.63, 3.8) is 0 Å². The summed E-state index contributed by atoms with van der Waals surface area (Å²) < 4.78 is 11.2. The molecule has 0 radical (unpaired) electrons. The molecule has 1 amide bonds. The zero-order valence-electron chi connectivity index (χ0n) is 16.4. The summed E-state index contributed by atoms with van der Waals surface area (Å²) in [5, 5.41) is 0.888. The minimum Gasteiger partial charge on any atom is -0.497 e. The molecule has 0 spiro atoms. The molecule has 0 bridgehead atoms. The highest BCUT2D eigenvalue weighted by molar-refractivity contribution is 5.99. The maximum Gasteiger partial charge on any atom is 0.289 e. The van der Waals surface area contributed by atoms with Gasteiger partial charge in [0.1, 0.15) is 11.3 Å². The molecule has 3 aromatic rings. The van der Waals surface area contributed by atoms with Crippen molar-refractivity contribution >= 4 is 16.9 Å². The number of methoxy groups -OCH3 is 1. The molecular formula is C22H24N2O4. The number of aromatic nitrogens is 1. The summed E-state index contributed by atoms with van der Waals surface area (Å²) in [6.07, 6.45) is 1.83. The number of carbonyl (C=O) groups is 1. The first-order chi connectivity index (χ1) is 13.5. The minimum absolute atomic E-state index is 0.00299. The molecule has 6 heteroatoms. The van der Waals surface area contributed by atoms with E-state index in [1.807, 2.05) is 36.9 Å². The van der Waals surface area contributed by atoms with Gasteiger partial charge in [-0.05, 0) is 44.9 Å². The SMILES string of the molecule is COc1ccc2oc(C(=O)N3CCC[C@@H](c4cc(=O)cc(C)[nH]4)C3)c(C)c2c1. The van der Waals surface area contributed by atoms with Crippen molar-refractivity contribution in [1.82, 2.24) is 9.88 Å². The number of nitrogens with zero attached hydrogens (tertiary/aromatic N) is 1. The van der Waals surface area contributed by atoms with Crippen LogP contribution in [0, 0.1) is 13.8 Å². The third kappa shape index (κ3) is 3.30. The number of piperidine rings is 1. The standard InChI is InChI=1S/C22H24N2O4/c1-13-9-16(25)10-19(23-13)15-5-4-8-24(12-15)22(26)21-14(2)18-11-17(27-3)6-7-20(18)28-21/h6-7,9-11,15H,4-5,8,12H2,1-3H3,(H,23,25)/t15-/m1/s1. The Labute approximate surface area is 163 Å². The van der Waals surface area contributed by atoms with Crippen molar-refractivity contribution in [3.8, 4) is 5.75 Å². The van der Waals surface area contributed by atoms with Crippen LogP contribution in [0.4, 0.5) is 0 Å². The lowest BCUT2D eigenvalue weighted by Crippen LogP contribution is -2.39.